The molecule has 0 aliphatic carbocycles. The molecule has 0 saturated heterocycles. The Labute approximate surface area is 126 Å². The van der Waals surface area contributed by atoms with Crippen LogP contribution in [0.4, 0.5) is 4.39 Å². The number of imidazole rings is 1. The number of aromatic nitrogens is 5. The second kappa shape index (κ2) is 7.10. The van der Waals surface area contributed by atoms with Gasteiger partial charge in [-0.1, -0.05) is 19.1 Å². The molecule has 22 heavy (non-hydrogen) atoms. The molecule has 2 aromatic rings. The monoisotopic (exact) mass is 310 g/mol. The number of carbonyl (C=O) groups is 1. The van der Waals surface area contributed by atoms with Crippen molar-refractivity contribution in [2.24, 2.45) is 0 Å². The van der Waals surface area contributed by atoms with E-state index in [0.717, 1.165) is 21.9 Å². The van der Waals surface area contributed by atoms with Crippen molar-refractivity contribution in [2.45, 2.75) is 33.2 Å². The molecule has 0 fully saturated rings. The van der Waals surface area contributed by atoms with Crippen LogP contribution in [0.5, 0.6) is 0 Å². The first-order valence-electron chi connectivity index (χ1n) is 7.30. The molecule has 0 N–H and O–H groups in total. The second-order valence-electron chi connectivity index (χ2n) is 4.86. The van der Waals surface area contributed by atoms with Crippen LogP contribution in [0, 0.1) is 0 Å². The summed E-state index contributed by atoms with van der Waals surface area (Å²) >= 11 is 0. The van der Waals surface area contributed by atoms with Gasteiger partial charge in [0.15, 0.2) is 11.3 Å². The summed E-state index contributed by atoms with van der Waals surface area (Å²) in [6.45, 7) is 4.28. The molecule has 0 atom stereocenters. The van der Waals surface area contributed by atoms with Crippen molar-refractivity contribution in [2.75, 3.05) is 19.8 Å². The number of amides is 1. The van der Waals surface area contributed by atoms with Gasteiger partial charge in [-0.15, -0.1) is 5.10 Å². The second-order valence-corrected chi connectivity index (χ2v) is 4.86. The Balaban J connectivity index is 2.42. The Bertz CT molecular complexity index is 704. The lowest BCUT2D eigenvalue weighted by atomic mass is 10.3. The molecule has 0 spiro atoms. The topological polar surface area (TPSA) is 85.4 Å². The van der Waals surface area contributed by atoms with E-state index in [9.17, 15) is 14.0 Å². The van der Waals surface area contributed by atoms with Crippen LogP contribution in [0.1, 0.15) is 37.2 Å². The minimum absolute atomic E-state index is 0.0962. The van der Waals surface area contributed by atoms with Crippen molar-refractivity contribution in [1.82, 2.24) is 29.3 Å². The maximum Gasteiger partial charge on any atom is 0.353 e. The molecular weight excluding hydrogens is 291 g/mol. The molecule has 0 aliphatic heterocycles. The van der Waals surface area contributed by atoms with E-state index >= 15 is 0 Å². The molecule has 1 amide bonds. The molecule has 0 bridgehead atoms. The van der Waals surface area contributed by atoms with Gasteiger partial charge in [-0.05, 0) is 12.8 Å². The number of aryl methyl sites for hydroxylation is 1. The summed E-state index contributed by atoms with van der Waals surface area (Å²) in [5.74, 6) is -0.275. The Hall–Kier alpha value is -2.32. The van der Waals surface area contributed by atoms with Crippen LogP contribution < -0.4 is 5.69 Å². The summed E-state index contributed by atoms with van der Waals surface area (Å²) in [6.07, 6.45) is 2.88. The first kappa shape index (κ1) is 16.1. The van der Waals surface area contributed by atoms with E-state index in [0.29, 0.717) is 13.1 Å². The number of carbonyl (C=O) groups excluding carboxylic acids is 1. The van der Waals surface area contributed by atoms with Crippen LogP contribution in [-0.4, -0.2) is 54.9 Å². The van der Waals surface area contributed by atoms with E-state index in [4.69, 9.17) is 0 Å². The van der Waals surface area contributed by atoms with Gasteiger partial charge in [0.25, 0.3) is 5.91 Å². The summed E-state index contributed by atoms with van der Waals surface area (Å²) in [5, 5.41) is 7.49. The summed E-state index contributed by atoms with van der Waals surface area (Å²) in [7, 11) is 0. The van der Waals surface area contributed by atoms with E-state index in [-0.39, 0.29) is 23.8 Å². The number of hydrogen-bond donors (Lipinski definition) is 0. The van der Waals surface area contributed by atoms with Crippen molar-refractivity contribution in [3.63, 3.8) is 0 Å². The van der Waals surface area contributed by atoms with Gasteiger partial charge in [-0.25, -0.2) is 18.6 Å². The predicted molar refractivity (Wildman–Crippen MR) is 77.5 cm³/mol. The van der Waals surface area contributed by atoms with Crippen LogP contribution >= 0.6 is 0 Å². The Kier molecular flexibility index (Phi) is 5.18. The summed E-state index contributed by atoms with van der Waals surface area (Å²) < 4.78 is 14.4. The minimum Gasteiger partial charge on any atom is -0.337 e. The lowest BCUT2D eigenvalue weighted by Gasteiger charge is -2.20. The lowest BCUT2D eigenvalue weighted by Crippen LogP contribution is -2.34. The average Bonchev–Trinajstić information content (AvgIpc) is 2.94. The van der Waals surface area contributed by atoms with E-state index in [1.807, 2.05) is 13.8 Å². The van der Waals surface area contributed by atoms with Crippen molar-refractivity contribution in [3.8, 4) is 0 Å². The van der Waals surface area contributed by atoms with Gasteiger partial charge in [0.05, 0.1) is 6.54 Å². The fourth-order valence-electron chi connectivity index (χ4n) is 2.21. The van der Waals surface area contributed by atoms with Gasteiger partial charge >= 0.3 is 5.69 Å². The average molecular weight is 310 g/mol. The van der Waals surface area contributed by atoms with E-state index in [2.05, 4.69) is 15.3 Å². The number of halogens is 1. The van der Waals surface area contributed by atoms with Crippen LogP contribution in [0.25, 0.3) is 5.65 Å². The maximum absolute atomic E-state index is 12.5. The zero-order valence-corrected chi connectivity index (χ0v) is 12.7. The molecule has 2 aromatic heterocycles. The zero-order chi connectivity index (χ0) is 16.1. The third-order valence-electron chi connectivity index (χ3n) is 3.19. The lowest BCUT2D eigenvalue weighted by molar-refractivity contribution is 0.0752. The molecule has 0 aromatic carbocycles. The fourth-order valence-corrected chi connectivity index (χ4v) is 2.21. The summed E-state index contributed by atoms with van der Waals surface area (Å²) in [5.41, 5.74) is -0.368. The van der Waals surface area contributed by atoms with Crippen molar-refractivity contribution in [1.29, 1.82) is 0 Å². The maximum atomic E-state index is 12.5. The number of rotatable bonds is 7. The smallest absolute Gasteiger partial charge is 0.337 e. The van der Waals surface area contributed by atoms with Crippen LogP contribution in [0.15, 0.2) is 11.1 Å². The van der Waals surface area contributed by atoms with Gasteiger partial charge in [0.2, 0.25) is 0 Å². The van der Waals surface area contributed by atoms with Gasteiger partial charge in [-0.3, -0.25) is 4.79 Å². The molecule has 0 aliphatic rings. The third kappa shape index (κ3) is 2.97. The molecule has 9 heteroatoms. The van der Waals surface area contributed by atoms with E-state index < -0.39 is 12.4 Å². The van der Waals surface area contributed by atoms with Gasteiger partial charge in [0, 0.05) is 13.1 Å². The summed E-state index contributed by atoms with van der Waals surface area (Å²) in [6, 6.07) is 0. The Morgan fingerprint density at radius 1 is 1.32 bits per heavy atom. The molecular formula is C13H19FN6O2. The predicted octanol–water partition coefficient (Wildman–Crippen LogP) is 0.518. The molecule has 120 valence electrons. The Morgan fingerprint density at radius 3 is 2.59 bits per heavy atom. The number of nitrogens with zero attached hydrogens (tertiary/aromatic N) is 6. The molecule has 2 rings (SSSR count). The van der Waals surface area contributed by atoms with E-state index in [1.54, 1.807) is 4.90 Å². The summed E-state index contributed by atoms with van der Waals surface area (Å²) in [4.78, 5) is 30.3. The highest BCUT2D eigenvalue weighted by molar-refractivity contribution is 5.97. The number of fused-ring (bicyclic) bond motifs is 1. The van der Waals surface area contributed by atoms with Crippen molar-refractivity contribution in [3.05, 3.63) is 22.5 Å². The van der Waals surface area contributed by atoms with Gasteiger partial charge in [0.1, 0.15) is 13.0 Å². The molecule has 8 nitrogen and oxygen atoms in total. The number of hydrogen-bond acceptors (Lipinski definition) is 5. The standard InChI is InChI=1S/C13H19FN6O2/c1-3-6-18(7-4-2)12(21)10-11-16-17-20(8-5-14)13(22)19(11)9-15-10/h9H,3-8H2,1-2H3. The number of alkyl halides is 1. The fraction of sp³-hybridized carbons (Fsp3) is 0.615. The van der Waals surface area contributed by atoms with Crippen molar-refractivity contribution < 1.29 is 9.18 Å². The first-order chi connectivity index (χ1) is 10.6. The van der Waals surface area contributed by atoms with Crippen LogP contribution in [0.3, 0.4) is 0 Å². The highest BCUT2D eigenvalue weighted by Gasteiger charge is 2.22. The van der Waals surface area contributed by atoms with E-state index in [1.165, 1.54) is 6.33 Å². The molecule has 0 radical (unpaired) electrons. The minimum atomic E-state index is -0.721. The van der Waals surface area contributed by atoms with Crippen LogP contribution in [-0.2, 0) is 6.54 Å². The highest BCUT2D eigenvalue weighted by Crippen LogP contribution is 2.08. The van der Waals surface area contributed by atoms with Gasteiger partial charge < -0.3 is 4.90 Å². The third-order valence-corrected chi connectivity index (χ3v) is 3.19. The van der Waals surface area contributed by atoms with Crippen LogP contribution in [0.2, 0.25) is 0 Å². The SMILES string of the molecule is CCCN(CCC)C(=O)c1ncn2c(=O)n(CCF)nnc12. The first-order valence-corrected chi connectivity index (χ1v) is 7.30. The Morgan fingerprint density at radius 2 is 2.00 bits per heavy atom. The molecule has 0 unspecified atom stereocenters. The van der Waals surface area contributed by atoms with Gasteiger partial charge in [-0.2, -0.15) is 4.68 Å². The zero-order valence-electron chi connectivity index (χ0n) is 12.7. The normalized spacial score (nSPS) is 11.0. The molecule has 0 saturated carbocycles. The molecule has 2 heterocycles. The van der Waals surface area contributed by atoms with Crippen molar-refractivity contribution >= 4 is 11.6 Å². The quantitative estimate of drug-likeness (QED) is 0.744. The largest absolute Gasteiger partial charge is 0.353 e. The highest BCUT2D eigenvalue weighted by atomic mass is 19.1.